The van der Waals surface area contributed by atoms with E-state index in [0.717, 1.165) is 15.2 Å². The largest absolute Gasteiger partial charge is 0.480 e. The first-order valence-corrected chi connectivity index (χ1v) is 9.10. The first kappa shape index (κ1) is 18.9. The Hall–Kier alpha value is -2.90. The van der Waals surface area contributed by atoms with Crippen LogP contribution in [0, 0.1) is 0 Å². The number of hydrogen-bond acceptors (Lipinski definition) is 5. The van der Waals surface area contributed by atoms with Crippen LogP contribution in [-0.4, -0.2) is 33.1 Å². The van der Waals surface area contributed by atoms with Gasteiger partial charge in [0.15, 0.2) is 0 Å². The molecule has 7 heteroatoms. The van der Waals surface area contributed by atoms with Gasteiger partial charge in [-0.1, -0.05) is 36.0 Å². The summed E-state index contributed by atoms with van der Waals surface area (Å²) in [6, 6.07) is 14.6. The minimum absolute atomic E-state index is 0.0292. The van der Waals surface area contributed by atoms with E-state index in [1.165, 1.54) is 6.92 Å². The third kappa shape index (κ3) is 4.27. The molecule has 0 aliphatic carbocycles. The van der Waals surface area contributed by atoms with Gasteiger partial charge in [-0.25, -0.2) is 0 Å². The zero-order chi connectivity index (χ0) is 19.4. The summed E-state index contributed by atoms with van der Waals surface area (Å²) in [6.45, 7) is 0.993. The average molecular weight is 382 g/mol. The van der Waals surface area contributed by atoms with Crippen LogP contribution in [0.4, 0.5) is 0 Å². The van der Waals surface area contributed by atoms with Crippen molar-refractivity contribution in [2.75, 3.05) is 0 Å². The number of aromatic nitrogens is 1. The van der Waals surface area contributed by atoms with Crippen LogP contribution in [0.3, 0.4) is 0 Å². The monoisotopic (exact) mass is 382 g/mol. The number of nitrogens with one attached hydrogen (secondary N) is 1. The second-order valence-corrected chi connectivity index (χ2v) is 7.09. The highest BCUT2D eigenvalue weighted by Gasteiger charge is 2.20. The summed E-state index contributed by atoms with van der Waals surface area (Å²) in [4.78, 5) is 29.5. The Bertz CT molecular complexity index is 992. The van der Waals surface area contributed by atoms with Crippen molar-refractivity contribution in [1.29, 1.82) is 0 Å². The van der Waals surface area contributed by atoms with E-state index < -0.39 is 17.9 Å². The lowest BCUT2D eigenvalue weighted by molar-refractivity contribution is -0.138. The molecular weight excluding hydrogens is 364 g/mol. The summed E-state index contributed by atoms with van der Waals surface area (Å²) in [5, 5.41) is 22.6. The van der Waals surface area contributed by atoms with Gasteiger partial charge < -0.3 is 15.5 Å². The van der Waals surface area contributed by atoms with Crippen molar-refractivity contribution in [3.05, 3.63) is 66.0 Å². The number of carboxylic acid groups (broad SMARTS) is 1. The maximum absolute atomic E-state index is 12.3. The zero-order valence-corrected chi connectivity index (χ0v) is 15.4. The number of pyridine rings is 1. The van der Waals surface area contributed by atoms with Crippen LogP contribution in [0.15, 0.2) is 64.5 Å². The molecule has 0 radical (unpaired) electrons. The zero-order valence-electron chi connectivity index (χ0n) is 14.5. The van der Waals surface area contributed by atoms with E-state index in [0.29, 0.717) is 10.9 Å². The van der Waals surface area contributed by atoms with E-state index in [1.807, 2.05) is 48.5 Å². The van der Waals surface area contributed by atoms with Crippen molar-refractivity contribution >= 4 is 34.4 Å². The predicted molar refractivity (Wildman–Crippen MR) is 103 cm³/mol. The molecule has 0 spiro atoms. The van der Waals surface area contributed by atoms with Gasteiger partial charge in [0.25, 0.3) is 5.91 Å². The molecule has 3 N–H and O–H groups in total. The Balaban J connectivity index is 1.94. The molecule has 138 valence electrons. The number of carboxylic acids is 1. The fraction of sp³-hybridized carbons (Fsp3) is 0.150. The van der Waals surface area contributed by atoms with Crippen LogP contribution >= 0.6 is 11.8 Å². The molecule has 0 unspecified atom stereocenters. The molecule has 0 bridgehead atoms. The number of aliphatic hydroxyl groups is 1. The highest BCUT2D eigenvalue weighted by Crippen LogP contribution is 2.31. The summed E-state index contributed by atoms with van der Waals surface area (Å²) in [6.07, 6.45) is 1.56. The van der Waals surface area contributed by atoms with Crippen LogP contribution in [0.1, 0.15) is 23.0 Å². The van der Waals surface area contributed by atoms with Crippen LogP contribution in [0.25, 0.3) is 10.8 Å². The molecule has 3 rings (SSSR count). The fourth-order valence-electron chi connectivity index (χ4n) is 2.63. The number of rotatable bonds is 6. The third-order valence-corrected chi connectivity index (χ3v) is 5.03. The molecule has 6 nitrogen and oxygen atoms in total. The number of carbonyl (C=O) groups excluding carboxylic acids is 1. The standard InChI is InChI=1S/C20H18N2O4S/c1-12(20(25)26)22-19(24)18-17(11-23)16-8-7-15(9-13(16)10-21-18)27-14-5-3-2-4-6-14/h2-10,12,23H,11H2,1H3,(H,22,24)(H,25,26)/t12-/m0/s1. The minimum Gasteiger partial charge on any atom is -0.480 e. The third-order valence-electron chi connectivity index (χ3n) is 4.04. The highest BCUT2D eigenvalue weighted by molar-refractivity contribution is 7.99. The molecule has 1 aromatic heterocycles. The number of aliphatic carboxylic acids is 1. The van der Waals surface area contributed by atoms with Gasteiger partial charge in [0.2, 0.25) is 0 Å². The Labute approximate surface area is 160 Å². The Morgan fingerprint density at radius 1 is 1.15 bits per heavy atom. The van der Waals surface area contributed by atoms with Crippen LogP contribution in [-0.2, 0) is 11.4 Å². The Morgan fingerprint density at radius 2 is 1.89 bits per heavy atom. The van der Waals surface area contributed by atoms with Crippen molar-refractivity contribution in [3.63, 3.8) is 0 Å². The molecule has 2 aromatic carbocycles. The summed E-state index contributed by atoms with van der Waals surface area (Å²) in [5.41, 5.74) is 0.403. The Morgan fingerprint density at radius 3 is 2.56 bits per heavy atom. The summed E-state index contributed by atoms with van der Waals surface area (Å²) >= 11 is 1.60. The number of benzene rings is 2. The molecule has 0 saturated carbocycles. The average Bonchev–Trinajstić information content (AvgIpc) is 2.67. The van der Waals surface area contributed by atoms with Gasteiger partial charge in [-0.15, -0.1) is 0 Å². The lowest BCUT2D eigenvalue weighted by Crippen LogP contribution is -2.39. The van der Waals surface area contributed by atoms with E-state index in [9.17, 15) is 14.7 Å². The second-order valence-electron chi connectivity index (χ2n) is 5.94. The molecule has 0 aliphatic heterocycles. The van der Waals surface area contributed by atoms with E-state index in [4.69, 9.17) is 5.11 Å². The molecular formula is C20H18N2O4S. The summed E-state index contributed by atoms with van der Waals surface area (Å²) in [7, 11) is 0. The fourth-order valence-corrected chi connectivity index (χ4v) is 3.52. The first-order chi connectivity index (χ1) is 13.0. The van der Waals surface area contributed by atoms with Gasteiger partial charge in [0.1, 0.15) is 11.7 Å². The van der Waals surface area contributed by atoms with Crippen LogP contribution in [0.5, 0.6) is 0 Å². The SMILES string of the molecule is C[C@H](NC(=O)c1ncc2cc(Sc3ccccc3)ccc2c1CO)C(=O)O. The Kier molecular flexibility index (Phi) is 5.73. The summed E-state index contributed by atoms with van der Waals surface area (Å²) in [5.74, 6) is -1.77. The number of carbonyl (C=O) groups is 2. The molecule has 1 amide bonds. The van der Waals surface area contributed by atoms with Gasteiger partial charge in [0.05, 0.1) is 6.61 Å². The molecule has 27 heavy (non-hydrogen) atoms. The summed E-state index contributed by atoms with van der Waals surface area (Å²) < 4.78 is 0. The number of fused-ring (bicyclic) bond motifs is 1. The molecule has 0 fully saturated rings. The van der Waals surface area contributed by atoms with E-state index in [1.54, 1.807) is 18.0 Å². The van der Waals surface area contributed by atoms with E-state index >= 15 is 0 Å². The van der Waals surface area contributed by atoms with Crippen molar-refractivity contribution in [3.8, 4) is 0 Å². The van der Waals surface area contributed by atoms with Crippen molar-refractivity contribution in [2.45, 2.75) is 29.4 Å². The maximum Gasteiger partial charge on any atom is 0.325 e. The van der Waals surface area contributed by atoms with Crippen molar-refractivity contribution < 1.29 is 19.8 Å². The normalized spacial score (nSPS) is 11.9. The minimum atomic E-state index is -1.14. The molecule has 0 saturated heterocycles. The van der Waals surface area contributed by atoms with Gasteiger partial charge in [-0.3, -0.25) is 14.6 Å². The van der Waals surface area contributed by atoms with Gasteiger partial charge >= 0.3 is 5.97 Å². The maximum atomic E-state index is 12.3. The lowest BCUT2D eigenvalue weighted by Gasteiger charge is -2.13. The van der Waals surface area contributed by atoms with Crippen LogP contribution < -0.4 is 5.32 Å². The van der Waals surface area contributed by atoms with Crippen LogP contribution in [0.2, 0.25) is 0 Å². The molecule has 1 heterocycles. The first-order valence-electron chi connectivity index (χ1n) is 8.28. The van der Waals surface area contributed by atoms with Crippen molar-refractivity contribution in [1.82, 2.24) is 10.3 Å². The smallest absolute Gasteiger partial charge is 0.325 e. The topological polar surface area (TPSA) is 99.5 Å². The quantitative estimate of drug-likeness (QED) is 0.606. The van der Waals surface area contributed by atoms with E-state index in [-0.39, 0.29) is 12.3 Å². The number of amides is 1. The second kappa shape index (κ2) is 8.20. The van der Waals surface area contributed by atoms with E-state index in [2.05, 4.69) is 10.3 Å². The van der Waals surface area contributed by atoms with Gasteiger partial charge in [-0.2, -0.15) is 0 Å². The molecule has 3 aromatic rings. The number of hydrogen-bond donors (Lipinski definition) is 3. The van der Waals surface area contributed by atoms with Gasteiger partial charge in [0, 0.05) is 26.9 Å². The van der Waals surface area contributed by atoms with Gasteiger partial charge in [-0.05, 0) is 36.6 Å². The number of nitrogens with zero attached hydrogens (tertiary/aromatic N) is 1. The highest BCUT2D eigenvalue weighted by atomic mass is 32.2. The lowest BCUT2D eigenvalue weighted by atomic mass is 10.0. The molecule has 1 atom stereocenters. The molecule has 0 aliphatic rings. The predicted octanol–water partition coefficient (Wildman–Crippen LogP) is 3.08. The van der Waals surface area contributed by atoms with Crippen molar-refractivity contribution in [2.24, 2.45) is 0 Å². The number of aliphatic hydroxyl groups excluding tert-OH is 1.